The highest BCUT2D eigenvalue weighted by molar-refractivity contribution is 5.94. The molecule has 0 radical (unpaired) electrons. The lowest BCUT2D eigenvalue weighted by Crippen LogP contribution is -2.37. The fourth-order valence-corrected chi connectivity index (χ4v) is 0.899. The molecule has 6 nitrogen and oxygen atoms in total. The van der Waals surface area contributed by atoms with Crippen LogP contribution in [0.3, 0.4) is 0 Å². The van der Waals surface area contributed by atoms with Gasteiger partial charge in [0.05, 0.1) is 6.54 Å². The molecular weight excluding hydrogens is 212 g/mol. The Morgan fingerprint density at radius 3 is 2.25 bits per heavy atom. The maximum atomic E-state index is 11.2. The molecule has 0 saturated heterocycles. The average molecular weight is 228 g/mol. The summed E-state index contributed by atoms with van der Waals surface area (Å²) in [4.78, 5) is 32.5. The third kappa shape index (κ3) is 6.58. The van der Waals surface area contributed by atoms with Gasteiger partial charge in [-0.3, -0.25) is 9.59 Å². The van der Waals surface area contributed by atoms with Crippen molar-refractivity contribution in [3.63, 3.8) is 0 Å². The first-order valence-corrected chi connectivity index (χ1v) is 4.82. The Kier molecular flexibility index (Phi) is 5.84. The molecule has 0 rings (SSSR count). The minimum atomic E-state index is -1.20. The van der Waals surface area contributed by atoms with E-state index in [1.165, 1.54) is 13.0 Å². The van der Waals surface area contributed by atoms with Crippen molar-refractivity contribution in [2.75, 3.05) is 6.54 Å². The number of carbonyl (C=O) groups excluding carboxylic acids is 2. The number of carbonyl (C=O) groups is 3. The topological polar surface area (TPSA) is 95.5 Å². The monoisotopic (exact) mass is 228 g/mol. The van der Waals surface area contributed by atoms with E-state index in [2.05, 4.69) is 10.6 Å². The fourth-order valence-electron chi connectivity index (χ4n) is 0.899. The molecule has 90 valence electrons. The van der Waals surface area contributed by atoms with E-state index in [1.54, 1.807) is 13.8 Å². The average Bonchev–Trinajstić information content (AvgIpc) is 2.12. The van der Waals surface area contributed by atoms with Gasteiger partial charge in [-0.25, -0.2) is 4.79 Å². The predicted molar refractivity (Wildman–Crippen MR) is 57.4 cm³/mol. The van der Waals surface area contributed by atoms with Crippen molar-refractivity contribution in [2.45, 2.75) is 20.8 Å². The van der Waals surface area contributed by atoms with Crippen LogP contribution < -0.4 is 10.6 Å². The first kappa shape index (κ1) is 14.2. The summed E-state index contributed by atoms with van der Waals surface area (Å²) >= 11 is 0. The Morgan fingerprint density at radius 2 is 1.88 bits per heavy atom. The van der Waals surface area contributed by atoms with Crippen molar-refractivity contribution < 1.29 is 19.5 Å². The molecule has 0 aliphatic rings. The Bertz CT molecular complexity index is 321. The maximum absolute atomic E-state index is 11.2. The summed E-state index contributed by atoms with van der Waals surface area (Å²) in [6.07, 6.45) is 1.42. The van der Waals surface area contributed by atoms with Gasteiger partial charge in [-0.2, -0.15) is 0 Å². The minimum absolute atomic E-state index is 0.00664. The summed E-state index contributed by atoms with van der Waals surface area (Å²) in [5.74, 6) is -2.11. The first-order valence-electron chi connectivity index (χ1n) is 4.82. The number of aliphatic carboxylic acids is 1. The highest BCUT2D eigenvalue weighted by Crippen LogP contribution is 1.99. The molecule has 2 amide bonds. The van der Waals surface area contributed by atoms with Crippen LogP contribution in [-0.2, 0) is 14.4 Å². The largest absolute Gasteiger partial charge is 0.477 e. The Balaban J connectivity index is 4.36. The van der Waals surface area contributed by atoms with Crippen LogP contribution in [0.25, 0.3) is 0 Å². The van der Waals surface area contributed by atoms with Crippen LogP contribution in [0.5, 0.6) is 0 Å². The zero-order chi connectivity index (χ0) is 12.7. The van der Waals surface area contributed by atoms with Gasteiger partial charge in [-0.15, -0.1) is 0 Å². The van der Waals surface area contributed by atoms with Gasteiger partial charge in [-0.05, 0) is 5.92 Å². The summed E-state index contributed by atoms with van der Waals surface area (Å²) < 4.78 is 0. The molecular formula is C10H16N2O4. The molecule has 0 aliphatic heterocycles. The van der Waals surface area contributed by atoms with Crippen molar-refractivity contribution in [2.24, 2.45) is 5.92 Å². The highest BCUT2D eigenvalue weighted by atomic mass is 16.4. The second-order valence-electron chi connectivity index (χ2n) is 3.59. The summed E-state index contributed by atoms with van der Waals surface area (Å²) in [5.41, 5.74) is -0.176. The third-order valence-corrected chi connectivity index (χ3v) is 1.50. The molecule has 0 aromatic rings. The molecule has 0 aliphatic carbocycles. The molecule has 0 fully saturated rings. The van der Waals surface area contributed by atoms with E-state index in [9.17, 15) is 14.4 Å². The number of rotatable bonds is 5. The predicted octanol–water partition coefficient (Wildman–Crippen LogP) is -0.137. The van der Waals surface area contributed by atoms with Gasteiger partial charge in [0.1, 0.15) is 5.70 Å². The maximum Gasteiger partial charge on any atom is 0.352 e. The number of carboxylic acids is 1. The molecule has 3 N–H and O–H groups in total. The van der Waals surface area contributed by atoms with Crippen molar-refractivity contribution in [1.29, 1.82) is 0 Å². The van der Waals surface area contributed by atoms with Gasteiger partial charge in [0, 0.05) is 6.92 Å². The van der Waals surface area contributed by atoms with Gasteiger partial charge in [-0.1, -0.05) is 19.9 Å². The number of hydrogen-bond acceptors (Lipinski definition) is 3. The van der Waals surface area contributed by atoms with Crippen molar-refractivity contribution in [1.82, 2.24) is 10.6 Å². The Labute approximate surface area is 93.7 Å². The number of nitrogens with one attached hydrogen (secondary N) is 2. The molecule has 0 spiro atoms. The van der Waals surface area contributed by atoms with Crippen LogP contribution in [0.4, 0.5) is 0 Å². The number of carboxylic acid groups (broad SMARTS) is 1. The van der Waals surface area contributed by atoms with Crippen molar-refractivity contribution in [3.05, 3.63) is 11.8 Å². The smallest absolute Gasteiger partial charge is 0.352 e. The normalized spacial score (nSPS) is 11.1. The van der Waals surface area contributed by atoms with Crippen LogP contribution in [0.1, 0.15) is 20.8 Å². The van der Waals surface area contributed by atoms with Gasteiger partial charge in [0.2, 0.25) is 11.8 Å². The van der Waals surface area contributed by atoms with Crippen LogP contribution in [0.15, 0.2) is 11.8 Å². The molecule has 0 aromatic heterocycles. The second-order valence-corrected chi connectivity index (χ2v) is 3.59. The van der Waals surface area contributed by atoms with Gasteiger partial charge >= 0.3 is 5.97 Å². The molecule has 0 aromatic carbocycles. The first-order chi connectivity index (χ1) is 7.32. The lowest BCUT2D eigenvalue weighted by molar-refractivity contribution is -0.134. The van der Waals surface area contributed by atoms with E-state index in [-0.39, 0.29) is 24.1 Å². The number of hydrogen-bond donors (Lipinski definition) is 3. The highest BCUT2D eigenvalue weighted by Gasteiger charge is 2.11. The van der Waals surface area contributed by atoms with E-state index in [1.807, 2.05) is 0 Å². The van der Waals surface area contributed by atoms with Crippen LogP contribution in [-0.4, -0.2) is 29.4 Å². The third-order valence-electron chi connectivity index (χ3n) is 1.50. The molecule has 0 unspecified atom stereocenters. The van der Waals surface area contributed by atoms with Crippen molar-refractivity contribution >= 4 is 17.8 Å². The molecule has 16 heavy (non-hydrogen) atoms. The van der Waals surface area contributed by atoms with E-state index < -0.39 is 11.9 Å². The van der Waals surface area contributed by atoms with E-state index in [0.717, 1.165) is 0 Å². The van der Waals surface area contributed by atoms with Crippen molar-refractivity contribution in [3.8, 4) is 0 Å². The summed E-state index contributed by atoms with van der Waals surface area (Å²) in [7, 11) is 0. The molecule has 0 saturated carbocycles. The Morgan fingerprint density at radius 1 is 1.31 bits per heavy atom. The molecule has 0 atom stereocenters. The van der Waals surface area contributed by atoms with Gasteiger partial charge in [0.15, 0.2) is 0 Å². The second kappa shape index (κ2) is 6.60. The number of amides is 2. The lowest BCUT2D eigenvalue weighted by atomic mass is 10.2. The summed E-state index contributed by atoms with van der Waals surface area (Å²) in [6, 6.07) is 0. The standard InChI is InChI=1S/C10H16N2O4/c1-6(2)4-8(10(15)16)12-9(14)5-11-7(3)13/h4,6H,5H2,1-3H3,(H,11,13)(H,12,14)(H,15,16)/b8-4-. The Hall–Kier alpha value is -1.85. The van der Waals surface area contributed by atoms with Crippen LogP contribution in [0, 0.1) is 5.92 Å². The van der Waals surface area contributed by atoms with E-state index in [4.69, 9.17) is 5.11 Å². The minimum Gasteiger partial charge on any atom is -0.477 e. The molecule has 0 heterocycles. The molecule has 6 heteroatoms. The van der Waals surface area contributed by atoms with Gasteiger partial charge < -0.3 is 15.7 Å². The fraction of sp³-hybridized carbons (Fsp3) is 0.500. The van der Waals surface area contributed by atoms with Crippen LogP contribution >= 0.6 is 0 Å². The zero-order valence-corrected chi connectivity index (χ0v) is 9.53. The summed E-state index contributed by atoms with van der Waals surface area (Å²) in [6.45, 7) is 4.62. The zero-order valence-electron chi connectivity index (χ0n) is 9.53. The van der Waals surface area contributed by atoms with Gasteiger partial charge in [0.25, 0.3) is 0 Å². The lowest BCUT2D eigenvalue weighted by Gasteiger charge is -2.07. The SMILES string of the molecule is CC(=O)NCC(=O)N/C(=C\C(C)C)C(=O)O. The number of allylic oxidation sites excluding steroid dienone is 1. The summed E-state index contributed by atoms with van der Waals surface area (Å²) in [5, 5.41) is 13.3. The molecule has 0 bridgehead atoms. The van der Waals surface area contributed by atoms with E-state index >= 15 is 0 Å². The quantitative estimate of drug-likeness (QED) is 0.571. The van der Waals surface area contributed by atoms with E-state index in [0.29, 0.717) is 0 Å². The van der Waals surface area contributed by atoms with Crippen LogP contribution in [0.2, 0.25) is 0 Å².